The molecule has 1 aromatic carbocycles. The molecule has 3 rings (SSSR count). The van der Waals surface area contributed by atoms with E-state index in [9.17, 15) is 4.39 Å². The molecule has 1 aromatic heterocycles. The minimum Gasteiger partial charge on any atom is -0.439 e. The SMILES string of the molecule is CN=C(NCc1ccnc(Oc2ccc(F)cc2)c1)N(C)CC1CCOC1.I. The van der Waals surface area contributed by atoms with Gasteiger partial charge in [0.05, 0.1) is 6.61 Å². The second-order valence-electron chi connectivity index (χ2n) is 6.57. The van der Waals surface area contributed by atoms with Gasteiger partial charge in [0.2, 0.25) is 5.88 Å². The average Bonchev–Trinajstić information content (AvgIpc) is 3.17. The van der Waals surface area contributed by atoms with Gasteiger partial charge in [-0.1, -0.05) is 0 Å². The molecule has 1 fully saturated rings. The van der Waals surface area contributed by atoms with Gasteiger partial charge in [-0.05, 0) is 42.3 Å². The van der Waals surface area contributed by atoms with E-state index in [-0.39, 0.29) is 29.8 Å². The van der Waals surface area contributed by atoms with E-state index >= 15 is 0 Å². The Labute approximate surface area is 182 Å². The van der Waals surface area contributed by atoms with Crippen molar-refractivity contribution in [2.75, 3.05) is 33.9 Å². The molecule has 1 N–H and O–H groups in total. The van der Waals surface area contributed by atoms with Crippen LogP contribution in [-0.4, -0.2) is 49.7 Å². The van der Waals surface area contributed by atoms with Gasteiger partial charge >= 0.3 is 0 Å². The van der Waals surface area contributed by atoms with Gasteiger partial charge in [-0.3, -0.25) is 4.99 Å². The fourth-order valence-corrected chi connectivity index (χ4v) is 3.01. The first-order chi connectivity index (χ1) is 13.1. The van der Waals surface area contributed by atoms with Crippen LogP contribution in [0.25, 0.3) is 0 Å². The van der Waals surface area contributed by atoms with Crippen molar-refractivity contribution in [2.24, 2.45) is 10.9 Å². The van der Waals surface area contributed by atoms with Gasteiger partial charge in [-0.15, -0.1) is 24.0 Å². The molecule has 1 aliphatic rings. The molecule has 28 heavy (non-hydrogen) atoms. The second-order valence-corrected chi connectivity index (χ2v) is 6.57. The molecule has 152 valence electrons. The van der Waals surface area contributed by atoms with Crippen LogP contribution >= 0.6 is 24.0 Å². The standard InChI is InChI=1S/C20H25FN4O2.HI/c1-22-20(25(2)13-16-8-10-26-14-16)24-12-15-7-9-23-19(11-15)27-18-5-3-17(21)4-6-18;/h3-7,9,11,16H,8,10,12-14H2,1-2H3,(H,22,24);1H. The highest BCUT2D eigenvalue weighted by molar-refractivity contribution is 14.0. The number of nitrogens with one attached hydrogen (secondary N) is 1. The summed E-state index contributed by atoms with van der Waals surface area (Å²) in [7, 11) is 3.81. The Morgan fingerprint density at radius 2 is 2.14 bits per heavy atom. The second kappa shape index (κ2) is 11.2. The number of ether oxygens (including phenoxy) is 2. The zero-order valence-corrected chi connectivity index (χ0v) is 18.4. The van der Waals surface area contributed by atoms with Crippen molar-refractivity contribution >= 4 is 29.9 Å². The lowest BCUT2D eigenvalue weighted by Crippen LogP contribution is -2.41. The van der Waals surface area contributed by atoms with Crippen LogP contribution in [0.1, 0.15) is 12.0 Å². The Bertz CT molecular complexity index is 767. The summed E-state index contributed by atoms with van der Waals surface area (Å²) in [6.45, 7) is 3.17. The average molecular weight is 500 g/mol. The third-order valence-electron chi connectivity index (χ3n) is 4.42. The number of halogens is 2. The van der Waals surface area contributed by atoms with Crippen LogP contribution < -0.4 is 10.1 Å². The molecule has 0 radical (unpaired) electrons. The number of aliphatic imine (C=N–C) groups is 1. The summed E-state index contributed by atoms with van der Waals surface area (Å²) in [6, 6.07) is 9.64. The van der Waals surface area contributed by atoms with Gasteiger partial charge in [0.25, 0.3) is 0 Å². The Kier molecular flexibility index (Phi) is 8.91. The van der Waals surface area contributed by atoms with Crippen LogP contribution in [-0.2, 0) is 11.3 Å². The zero-order chi connectivity index (χ0) is 19.1. The molecule has 0 saturated carbocycles. The molecule has 1 saturated heterocycles. The van der Waals surface area contributed by atoms with Crippen molar-refractivity contribution in [3.05, 3.63) is 54.0 Å². The van der Waals surface area contributed by atoms with Crippen molar-refractivity contribution < 1.29 is 13.9 Å². The lowest BCUT2D eigenvalue weighted by molar-refractivity contribution is 0.181. The molecule has 8 heteroatoms. The van der Waals surface area contributed by atoms with Crippen LogP contribution in [0, 0.1) is 11.7 Å². The first kappa shape index (κ1) is 22.4. The zero-order valence-electron chi connectivity index (χ0n) is 16.1. The van der Waals surface area contributed by atoms with E-state index in [4.69, 9.17) is 9.47 Å². The fraction of sp³-hybridized carbons (Fsp3) is 0.400. The van der Waals surface area contributed by atoms with E-state index in [1.54, 1.807) is 25.4 Å². The van der Waals surface area contributed by atoms with Crippen LogP contribution in [0.15, 0.2) is 47.6 Å². The van der Waals surface area contributed by atoms with Gasteiger partial charge in [0.1, 0.15) is 11.6 Å². The molecule has 1 unspecified atom stereocenters. The topological polar surface area (TPSA) is 59.0 Å². The van der Waals surface area contributed by atoms with E-state index < -0.39 is 0 Å². The highest BCUT2D eigenvalue weighted by Crippen LogP contribution is 2.20. The fourth-order valence-electron chi connectivity index (χ4n) is 3.01. The molecule has 1 atom stereocenters. The lowest BCUT2D eigenvalue weighted by atomic mass is 10.1. The van der Waals surface area contributed by atoms with Crippen LogP contribution in [0.5, 0.6) is 11.6 Å². The van der Waals surface area contributed by atoms with Crippen molar-refractivity contribution in [1.82, 2.24) is 15.2 Å². The van der Waals surface area contributed by atoms with Gasteiger partial charge in [0.15, 0.2) is 5.96 Å². The summed E-state index contributed by atoms with van der Waals surface area (Å²) in [4.78, 5) is 10.7. The summed E-state index contributed by atoms with van der Waals surface area (Å²) >= 11 is 0. The van der Waals surface area contributed by atoms with Crippen molar-refractivity contribution in [1.29, 1.82) is 0 Å². The quantitative estimate of drug-likeness (QED) is 0.373. The predicted octanol–water partition coefficient (Wildman–Crippen LogP) is 3.67. The molecule has 0 aliphatic carbocycles. The number of aromatic nitrogens is 1. The normalized spacial score (nSPS) is 16.4. The van der Waals surface area contributed by atoms with Crippen LogP contribution in [0.2, 0.25) is 0 Å². The summed E-state index contributed by atoms with van der Waals surface area (Å²) in [5.74, 6) is 2.09. The molecular weight excluding hydrogens is 474 g/mol. The van der Waals surface area contributed by atoms with E-state index in [2.05, 4.69) is 20.2 Å². The third kappa shape index (κ3) is 6.59. The van der Waals surface area contributed by atoms with E-state index in [1.807, 2.05) is 19.2 Å². The van der Waals surface area contributed by atoms with Gasteiger partial charge in [0, 0.05) is 52.0 Å². The van der Waals surface area contributed by atoms with E-state index in [1.165, 1.54) is 12.1 Å². The Balaban J connectivity index is 0.00000280. The van der Waals surface area contributed by atoms with Gasteiger partial charge in [-0.2, -0.15) is 0 Å². The third-order valence-corrected chi connectivity index (χ3v) is 4.42. The molecule has 0 bridgehead atoms. The van der Waals surface area contributed by atoms with Gasteiger partial charge < -0.3 is 19.7 Å². The molecule has 1 aliphatic heterocycles. The Morgan fingerprint density at radius 3 is 2.82 bits per heavy atom. The maximum Gasteiger partial charge on any atom is 0.219 e. The molecular formula is C20H26FIN4O2. The highest BCUT2D eigenvalue weighted by Gasteiger charge is 2.19. The minimum atomic E-state index is -0.298. The Hall–Kier alpha value is -1.94. The molecule has 6 nitrogen and oxygen atoms in total. The summed E-state index contributed by atoms with van der Waals surface area (Å²) in [6.07, 6.45) is 2.79. The van der Waals surface area contributed by atoms with E-state index in [0.717, 1.165) is 37.7 Å². The molecule has 0 spiro atoms. The maximum absolute atomic E-state index is 13.0. The largest absolute Gasteiger partial charge is 0.439 e. The summed E-state index contributed by atoms with van der Waals surface area (Å²) < 4.78 is 24.1. The van der Waals surface area contributed by atoms with Crippen LogP contribution in [0.4, 0.5) is 4.39 Å². The number of benzene rings is 1. The minimum absolute atomic E-state index is 0. The molecule has 0 amide bonds. The summed E-state index contributed by atoms with van der Waals surface area (Å²) in [5, 5.41) is 3.36. The number of nitrogens with zero attached hydrogens (tertiary/aromatic N) is 3. The first-order valence-electron chi connectivity index (χ1n) is 9.02. The highest BCUT2D eigenvalue weighted by atomic mass is 127. The van der Waals surface area contributed by atoms with Gasteiger partial charge in [-0.25, -0.2) is 9.37 Å². The molecule has 2 heterocycles. The van der Waals surface area contributed by atoms with Crippen molar-refractivity contribution in [3.63, 3.8) is 0 Å². The number of pyridine rings is 1. The van der Waals surface area contributed by atoms with Crippen molar-refractivity contribution in [2.45, 2.75) is 13.0 Å². The Morgan fingerprint density at radius 1 is 1.36 bits per heavy atom. The number of rotatable bonds is 6. The predicted molar refractivity (Wildman–Crippen MR) is 118 cm³/mol. The summed E-state index contributed by atoms with van der Waals surface area (Å²) in [5.41, 5.74) is 1.01. The van der Waals surface area contributed by atoms with E-state index in [0.29, 0.717) is 24.1 Å². The number of guanidine groups is 1. The lowest BCUT2D eigenvalue weighted by Gasteiger charge is -2.24. The monoisotopic (exact) mass is 500 g/mol. The van der Waals surface area contributed by atoms with Crippen LogP contribution in [0.3, 0.4) is 0 Å². The van der Waals surface area contributed by atoms with Crippen molar-refractivity contribution in [3.8, 4) is 11.6 Å². The number of hydrogen-bond acceptors (Lipinski definition) is 4. The number of hydrogen-bond donors (Lipinski definition) is 1. The maximum atomic E-state index is 13.0. The first-order valence-corrected chi connectivity index (χ1v) is 9.02. The smallest absolute Gasteiger partial charge is 0.219 e. The molecule has 2 aromatic rings.